The maximum absolute atomic E-state index is 13.1. The van der Waals surface area contributed by atoms with Gasteiger partial charge in [-0.05, 0) is 50.6 Å². The first kappa shape index (κ1) is 17.9. The van der Waals surface area contributed by atoms with Crippen molar-refractivity contribution in [1.29, 1.82) is 0 Å². The van der Waals surface area contributed by atoms with Crippen molar-refractivity contribution in [2.45, 2.75) is 36.6 Å². The molecule has 1 fully saturated rings. The molecule has 0 bridgehead atoms. The summed E-state index contributed by atoms with van der Waals surface area (Å²) in [4.78, 5) is 0.978. The lowest BCUT2D eigenvalue weighted by molar-refractivity contribution is -0.0654. The van der Waals surface area contributed by atoms with Crippen molar-refractivity contribution in [3.05, 3.63) is 51.9 Å². The van der Waals surface area contributed by atoms with Crippen LogP contribution in [0.3, 0.4) is 0 Å². The molecular formula is C17H20ClNO3S2. The van der Waals surface area contributed by atoms with Gasteiger partial charge in [-0.25, -0.2) is 8.42 Å². The highest BCUT2D eigenvalue weighted by molar-refractivity contribution is 7.91. The maximum atomic E-state index is 13.1. The molecule has 7 heteroatoms. The van der Waals surface area contributed by atoms with Crippen molar-refractivity contribution < 1.29 is 13.2 Å². The summed E-state index contributed by atoms with van der Waals surface area (Å²) >= 11 is 7.36. The predicted molar refractivity (Wildman–Crippen MR) is 97.2 cm³/mol. The van der Waals surface area contributed by atoms with Crippen molar-refractivity contribution in [3.8, 4) is 0 Å². The summed E-state index contributed by atoms with van der Waals surface area (Å²) in [6.45, 7) is 6.28. The fourth-order valence-corrected chi connectivity index (χ4v) is 6.18. The number of aryl methyl sites for hydroxylation is 1. The molecule has 2 aromatic rings. The van der Waals surface area contributed by atoms with Gasteiger partial charge >= 0.3 is 0 Å². The van der Waals surface area contributed by atoms with Gasteiger partial charge in [0.25, 0.3) is 10.0 Å². The van der Waals surface area contributed by atoms with Crippen LogP contribution in [-0.4, -0.2) is 31.4 Å². The van der Waals surface area contributed by atoms with Gasteiger partial charge in [-0.1, -0.05) is 23.7 Å². The number of nitrogens with zero attached hydrogens (tertiary/aromatic N) is 1. The Hall–Kier alpha value is -0.920. The van der Waals surface area contributed by atoms with Crippen LogP contribution in [-0.2, 0) is 14.8 Å². The predicted octanol–water partition coefficient (Wildman–Crippen LogP) is 4.25. The van der Waals surface area contributed by atoms with Crippen molar-refractivity contribution in [1.82, 2.24) is 4.31 Å². The number of benzene rings is 1. The van der Waals surface area contributed by atoms with E-state index in [1.165, 1.54) is 11.3 Å². The Balaban J connectivity index is 1.95. The van der Waals surface area contributed by atoms with E-state index in [1.807, 2.05) is 45.0 Å². The second kappa shape index (κ2) is 6.42. The van der Waals surface area contributed by atoms with E-state index in [0.717, 1.165) is 10.4 Å². The monoisotopic (exact) mass is 385 g/mol. The third-order valence-corrected chi connectivity index (χ3v) is 7.91. The Kier molecular flexibility index (Phi) is 4.79. The summed E-state index contributed by atoms with van der Waals surface area (Å²) in [5, 5.41) is 0.615. The quantitative estimate of drug-likeness (QED) is 0.793. The van der Waals surface area contributed by atoms with Gasteiger partial charge in [-0.3, -0.25) is 0 Å². The van der Waals surface area contributed by atoms with E-state index in [2.05, 4.69) is 0 Å². The summed E-state index contributed by atoms with van der Waals surface area (Å²) in [6, 6.07) is 10.9. The number of hydrogen-bond donors (Lipinski definition) is 0. The second-order valence-corrected chi connectivity index (χ2v) is 10.4. The minimum absolute atomic E-state index is 0.270. The zero-order valence-electron chi connectivity index (χ0n) is 13.8. The molecule has 0 spiro atoms. The van der Waals surface area contributed by atoms with Crippen LogP contribution in [0.15, 0.2) is 40.6 Å². The number of halogens is 1. The fourth-order valence-electron chi connectivity index (χ4n) is 2.82. The van der Waals surface area contributed by atoms with E-state index < -0.39 is 15.6 Å². The van der Waals surface area contributed by atoms with Gasteiger partial charge in [0.1, 0.15) is 4.21 Å². The van der Waals surface area contributed by atoms with Crippen LogP contribution in [0.2, 0.25) is 5.02 Å². The molecule has 24 heavy (non-hydrogen) atoms. The van der Waals surface area contributed by atoms with Gasteiger partial charge < -0.3 is 4.74 Å². The van der Waals surface area contributed by atoms with Crippen LogP contribution >= 0.6 is 22.9 Å². The van der Waals surface area contributed by atoms with Gasteiger partial charge in [0, 0.05) is 16.4 Å². The lowest BCUT2D eigenvalue weighted by Crippen LogP contribution is -2.55. The lowest BCUT2D eigenvalue weighted by atomic mass is 10.0. The second-order valence-electron chi connectivity index (χ2n) is 6.57. The molecule has 3 rings (SSSR count). The first-order chi connectivity index (χ1) is 11.2. The normalized spacial score (nSPS) is 21.8. The van der Waals surface area contributed by atoms with Gasteiger partial charge in [-0.2, -0.15) is 4.31 Å². The molecule has 1 saturated heterocycles. The molecule has 1 aliphatic heterocycles. The Morgan fingerprint density at radius 3 is 2.67 bits per heavy atom. The van der Waals surface area contributed by atoms with E-state index >= 15 is 0 Å². The van der Waals surface area contributed by atoms with Gasteiger partial charge in [-0.15, -0.1) is 11.3 Å². The van der Waals surface area contributed by atoms with Crippen molar-refractivity contribution in [3.63, 3.8) is 0 Å². The Morgan fingerprint density at radius 1 is 1.29 bits per heavy atom. The van der Waals surface area contributed by atoms with Gasteiger partial charge in [0.15, 0.2) is 0 Å². The SMILES string of the molecule is Cc1ccc(S(=O)(=O)N2CC(c3cccc(Cl)c3)OCC2(C)C)s1. The minimum Gasteiger partial charge on any atom is -0.370 e. The van der Waals surface area contributed by atoms with E-state index in [1.54, 1.807) is 16.4 Å². The molecule has 1 aromatic carbocycles. The largest absolute Gasteiger partial charge is 0.370 e. The highest BCUT2D eigenvalue weighted by Gasteiger charge is 2.43. The van der Waals surface area contributed by atoms with E-state index in [0.29, 0.717) is 15.8 Å². The summed E-state index contributed by atoms with van der Waals surface area (Å²) in [6.07, 6.45) is -0.326. The van der Waals surface area contributed by atoms with E-state index in [-0.39, 0.29) is 12.6 Å². The number of ether oxygens (including phenoxy) is 1. The molecule has 130 valence electrons. The highest BCUT2D eigenvalue weighted by atomic mass is 35.5. The van der Waals surface area contributed by atoms with E-state index in [4.69, 9.17) is 16.3 Å². The zero-order valence-corrected chi connectivity index (χ0v) is 16.2. The van der Waals surface area contributed by atoms with Gasteiger partial charge in [0.05, 0.1) is 18.2 Å². The summed E-state index contributed by atoms with van der Waals surface area (Å²) < 4.78 is 34.1. The van der Waals surface area contributed by atoms with Crippen LogP contribution in [0.4, 0.5) is 0 Å². The van der Waals surface area contributed by atoms with Gasteiger partial charge in [0.2, 0.25) is 0 Å². The van der Waals surface area contributed by atoms with E-state index in [9.17, 15) is 8.42 Å². The molecule has 1 atom stereocenters. The van der Waals surface area contributed by atoms with Crippen molar-refractivity contribution in [2.75, 3.05) is 13.2 Å². The molecule has 0 radical (unpaired) electrons. The molecule has 1 aromatic heterocycles. The number of rotatable bonds is 3. The zero-order chi connectivity index (χ0) is 17.5. The first-order valence-corrected chi connectivity index (χ1v) is 10.3. The van der Waals surface area contributed by atoms with Crippen LogP contribution < -0.4 is 0 Å². The number of thiophene rings is 1. The Labute approximate surface area is 152 Å². The van der Waals surface area contributed by atoms with Crippen LogP contribution in [0.1, 0.15) is 30.4 Å². The summed E-state index contributed by atoms with van der Waals surface area (Å²) in [5.41, 5.74) is 0.284. The minimum atomic E-state index is -3.56. The Bertz CT molecular complexity index is 845. The number of hydrogen-bond acceptors (Lipinski definition) is 4. The lowest BCUT2D eigenvalue weighted by Gasteiger charge is -2.44. The molecule has 0 saturated carbocycles. The molecule has 0 N–H and O–H groups in total. The standard InChI is InChI=1S/C17H20ClNO3S2/c1-12-7-8-16(23-12)24(20,21)19-10-15(22-11-17(19,2)3)13-5-4-6-14(18)9-13/h4-9,15H,10-11H2,1-3H3. The molecular weight excluding hydrogens is 366 g/mol. The number of morpholine rings is 1. The third kappa shape index (κ3) is 3.39. The average molecular weight is 386 g/mol. The molecule has 1 unspecified atom stereocenters. The highest BCUT2D eigenvalue weighted by Crippen LogP contribution is 2.36. The maximum Gasteiger partial charge on any atom is 0.253 e. The van der Waals surface area contributed by atoms with Crippen LogP contribution in [0.5, 0.6) is 0 Å². The fraction of sp³-hybridized carbons (Fsp3) is 0.412. The molecule has 0 amide bonds. The molecule has 1 aliphatic rings. The average Bonchev–Trinajstić information content (AvgIpc) is 2.94. The van der Waals surface area contributed by atoms with Crippen LogP contribution in [0.25, 0.3) is 0 Å². The summed E-state index contributed by atoms with van der Waals surface area (Å²) in [7, 11) is -3.56. The van der Waals surface area contributed by atoms with Crippen LogP contribution in [0, 0.1) is 6.92 Å². The van der Waals surface area contributed by atoms with Crippen molar-refractivity contribution in [2.24, 2.45) is 0 Å². The topological polar surface area (TPSA) is 46.6 Å². The smallest absolute Gasteiger partial charge is 0.253 e. The third-order valence-electron chi connectivity index (χ3n) is 4.13. The molecule has 4 nitrogen and oxygen atoms in total. The van der Waals surface area contributed by atoms with Crippen molar-refractivity contribution >= 4 is 33.0 Å². The summed E-state index contributed by atoms with van der Waals surface area (Å²) in [5.74, 6) is 0. The molecule has 2 heterocycles. The first-order valence-electron chi connectivity index (χ1n) is 7.66. The molecule has 0 aliphatic carbocycles. The number of sulfonamides is 1. The Morgan fingerprint density at radius 2 is 2.04 bits per heavy atom.